The molecule has 1 N–H and O–H groups in total. The molecule has 140 valence electrons. The van der Waals surface area contributed by atoms with Gasteiger partial charge in [0.1, 0.15) is 11.5 Å². The van der Waals surface area contributed by atoms with E-state index in [-0.39, 0.29) is 5.91 Å². The van der Waals surface area contributed by atoms with Crippen molar-refractivity contribution in [3.63, 3.8) is 0 Å². The fourth-order valence-electron chi connectivity index (χ4n) is 2.67. The van der Waals surface area contributed by atoms with Crippen molar-refractivity contribution in [1.29, 1.82) is 0 Å². The highest BCUT2D eigenvalue weighted by Crippen LogP contribution is 2.30. The third-order valence-corrected chi connectivity index (χ3v) is 3.94. The van der Waals surface area contributed by atoms with E-state index in [4.69, 9.17) is 9.47 Å². The number of carbonyl (C=O) groups excluding carboxylic acids is 1. The van der Waals surface area contributed by atoms with Crippen LogP contribution in [-0.2, 0) is 0 Å². The minimum Gasteiger partial charge on any atom is -0.494 e. The average molecular weight is 356 g/mol. The van der Waals surface area contributed by atoms with Crippen LogP contribution in [0.2, 0.25) is 0 Å². The summed E-state index contributed by atoms with van der Waals surface area (Å²) in [5.41, 5.74) is 2.30. The van der Waals surface area contributed by atoms with Gasteiger partial charge in [-0.15, -0.1) is 0 Å². The highest BCUT2D eigenvalue weighted by atomic mass is 16.5. The number of nitrogens with one attached hydrogen (secondary N) is 1. The molecule has 5 nitrogen and oxygen atoms in total. The lowest BCUT2D eigenvalue weighted by molar-refractivity contribution is 0.102. The molecule has 0 fully saturated rings. The van der Waals surface area contributed by atoms with Gasteiger partial charge in [0.25, 0.3) is 5.91 Å². The van der Waals surface area contributed by atoms with Crippen molar-refractivity contribution in [3.05, 3.63) is 48.0 Å². The Balaban J connectivity index is 2.16. The highest BCUT2D eigenvalue weighted by Gasteiger charge is 2.12. The first-order valence-corrected chi connectivity index (χ1v) is 9.11. The van der Waals surface area contributed by atoms with Gasteiger partial charge < -0.3 is 19.7 Å². The lowest BCUT2D eigenvalue weighted by atomic mass is 10.1. The molecule has 0 saturated heterocycles. The molecule has 0 saturated carbocycles. The molecule has 0 heterocycles. The summed E-state index contributed by atoms with van der Waals surface area (Å²) in [5.74, 6) is 1.15. The summed E-state index contributed by atoms with van der Waals surface area (Å²) in [5, 5.41) is 2.93. The fraction of sp³-hybridized carbons (Fsp3) is 0.381. The smallest absolute Gasteiger partial charge is 0.255 e. The number of anilines is 2. The Labute approximate surface area is 155 Å². The van der Waals surface area contributed by atoms with Gasteiger partial charge in [0, 0.05) is 30.9 Å². The molecule has 0 aliphatic heterocycles. The minimum atomic E-state index is -0.177. The van der Waals surface area contributed by atoms with Crippen molar-refractivity contribution in [2.24, 2.45) is 0 Å². The summed E-state index contributed by atoms with van der Waals surface area (Å²) in [4.78, 5) is 14.8. The number of nitrogens with zero attached hydrogens (tertiary/aromatic N) is 1. The van der Waals surface area contributed by atoms with Gasteiger partial charge in [0.15, 0.2) is 0 Å². The van der Waals surface area contributed by atoms with Gasteiger partial charge in [-0.05, 0) is 56.7 Å². The number of carbonyl (C=O) groups is 1. The van der Waals surface area contributed by atoms with E-state index in [2.05, 4.69) is 17.1 Å². The van der Waals surface area contributed by atoms with Crippen LogP contribution in [-0.4, -0.2) is 32.7 Å². The molecule has 2 aromatic rings. The van der Waals surface area contributed by atoms with Gasteiger partial charge in [-0.25, -0.2) is 0 Å². The monoisotopic (exact) mass is 356 g/mol. The number of hydrogen-bond acceptors (Lipinski definition) is 4. The fourth-order valence-corrected chi connectivity index (χ4v) is 2.67. The Morgan fingerprint density at radius 3 is 2.31 bits per heavy atom. The second-order valence-electron chi connectivity index (χ2n) is 5.95. The van der Waals surface area contributed by atoms with Gasteiger partial charge in [-0.1, -0.05) is 6.92 Å². The van der Waals surface area contributed by atoms with Crippen LogP contribution in [0.5, 0.6) is 11.5 Å². The van der Waals surface area contributed by atoms with Crippen LogP contribution in [0.1, 0.15) is 37.6 Å². The summed E-state index contributed by atoms with van der Waals surface area (Å²) >= 11 is 0. The molecular formula is C21H28N2O3. The predicted molar refractivity (Wildman–Crippen MR) is 107 cm³/mol. The number of amides is 1. The molecule has 5 heteroatoms. The van der Waals surface area contributed by atoms with E-state index in [1.165, 1.54) is 0 Å². The first-order chi connectivity index (χ1) is 12.6. The molecule has 0 spiro atoms. The Hall–Kier alpha value is -2.69. The molecule has 2 aromatic carbocycles. The van der Waals surface area contributed by atoms with Crippen LogP contribution < -0.4 is 19.7 Å². The van der Waals surface area contributed by atoms with Crippen molar-refractivity contribution in [2.45, 2.75) is 27.2 Å². The van der Waals surface area contributed by atoms with Crippen molar-refractivity contribution >= 4 is 17.3 Å². The molecule has 0 aliphatic carbocycles. The third kappa shape index (κ3) is 5.15. The second-order valence-corrected chi connectivity index (χ2v) is 5.95. The second kappa shape index (κ2) is 9.70. The number of rotatable bonds is 9. The third-order valence-electron chi connectivity index (χ3n) is 3.94. The van der Waals surface area contributed by atoms with Crippen LogP contribution in [0.4, 0.5) is 11.4 Å². The lowest BCUT2D eigenvalue weighted by Crippen LogP contribution is -2.18. The van der Waals surface area contributed by atoms with Gasteiger partial charge in [-0.3, -0.25) is 4.79 Å². The highest BCUT2D eigenvalue weighted by molar-refractivity contribution is 6.05. The van der Waals surface area contributed by atoms with E-state index in [0.29, 0.717) is 36.0 Å². The number of benzene rings is 2. The molecule has 26 heavy (non-hydrogen) atoms. The number of hydrogen-bond donors (Lipinski definition) is 1. The average Bonchev–Trinajstić information content (AvgIpc) is 2.64. The molecule has 0 bridgehead atoms. The topological polar surface area (TPSA) is 50.8 Å². The summed E-state index contributed by atoms with van der Waals surface area (Å²) in [6, 6.07) is 13.0. The molecular weight excluding hydrogens is 328 g/mol. The maximum atomic E-state index is 12.6. The molecule has 0 aromatic heterocycles. The molecule has 0 radical (unpaired) electrons. The number of ether oxygens (including phenoxy) is 2. The van der Waals surface area contributed by atoms with Crippen LogP contribution >= 0.6 is 0 Å². The van der Waals surface area contributed by atoms with Crippen molar-refractivity contribution in [1.82, 2.24) is 0 Å². The molecule has 0 atom stereocenters. The normalized spacial score (nSPS) is 10.3. The van der Waals surface area contributed by atoms with E-state index < -0.39 is 0 Å². The van der Waals surface area contributed by atoms with E-state index in [0.717, 1.165) is 18.7 Å². The van der Waals surface area contributed by atoms with Crippen molar-refractivity contribution < 1.29 is 14.3 Å². The van der Waals surface area contributed by atoms with Crippen LogP contribution in [0.15, 0.2) is 42.5 Å². The van der Waals surface area contributed by atoms with Crippen LogP contribution in [0, 0.1) is 0 Å². The largest absolute Gasteiger partial charge is 0.494 e. The van der Waals surface area contributed by atoms with E-state index in [9.17, 15) is 4.79 Å². The van der Waals surface area contributed by atoms with E-state index >= 15 is 0 Å². The molecule has 0 aliphatic rings. The summed E-state index contributed by atoms with van der Waals surface area (Å²) in [7, 11) is 2.05. The van der Waals surface area contributed by atoms with E-state index in [1.807, 2.05) is 57.3 Å². The molecule has 0 unspecified atom stereocenters. The Morgan fingerprint density at radius 1 is 1.00 bits per heavy atom. The summed E-state index contributed by atoms with van der Waals surface area (Å²) in [6.45, 7) is 8.04. The minimum absolute atomic E-state index is 0.177. The first kappa shape index (κ1) is 19.6. The predicted octanol–water partition coefficient (Wildman–Crippen LogP) is 4.58. The van der Waals surface area contributed by atoms with Gasteiger partial charge in [-0.2, -0.15) is 0 Å². The zero-order valence-electron chi connectivity index (χ0n) is 16.0. The standard InChI is InChI=1S/C21H28N2O3/c1-5-14-23(4)17-10-8-16(9-11-17)21(24)22-19-15-18(25-6-2)12-13-20(19)26-7-3/h8-13,15H,5-7,14H2,1-4H3,(H,22,24). The lowest BCUT2D eigenvalue weighted by Gasteiger charge is -2.18. The SMILES string of the molecule is CCCN(C)c1ccc(C(=O)Nc2cc(OCC)ccc2OCC)cc1. The van der Waals surface area contributed by atoms with Gasteiger partial charge in [0.2, 0.25) is 0 Å². The first-order valence-electron chi connectivity index (χ1n) is 9.11. The maximum absolute atomic E-state index is 12.6. The Morgan fingerprint density at radius 2 is 1.69 bits per heavy atom. The molecule has 1 amide bonds. The van der Waals surface area contributed by atoms with Crippen LogP contribution in [0.25, 0.3) is 0 Å². The van der Waals surface area contributed by atoms with Crippen molar-refractivity contribution in [3.8, 4) is 11.5 Å². The van der Waals surface area contributed by atoms with Crippen LogP contribution in [0.3, 0.4) is 0 Å². The van der Waals surface area contributed by atoms with Gasteiger partial charge in [0.05, 0.1) is 18.9 Å². The van der Waals surface area contributed by atoms with Gasteiger partial charge >= 0.3 is 0 Å². The zero-order valence-corrected chi connectivity index (χ0v) is 16.0. The Bertz CT molecular complexity index is 714. The summed E-state index contributed by atoms with van der Waals surface area (Å²) in [6.07, 6.45) is 1.08. The zero-order chi connectivity index (χ0) is 18.9. The quantitative estimate of drug-likeness (QED) is 0.714. The maximum Gasteiger partial charge on any atom is 0.255 e. The van der Waals surface area contributed by atoms with Crippen molar-refractivity contribution in [2.75, 3.05) is 37.0 Å². The van der Waals surface area contributed by atoms with E-state index in [1.54, 1.807) is 6.07 Å². The summed E-state index contributed by atoms with van der Waals surface area (Å²) < 4.78 is 11.1. The Kier molecular flexibility index (Phi) is 7.33. The molecule has 2 rings (SSSR count).